The van der Waals surface area contributed by atoms with E-state index in [1.54, 1.807) is 30.3 Å². The zero-order chi connectivity index (χ0) is 25.7. The van der Waals surface area contributed by atoms with Gasteiger partial charge in [0.15, 0.2) is 11.4 Å². The number of anilines is 1. The second-order valence-corrected chi connectivity index (χ2v) is 8.58. The molecule has 0 radical (unpaired) electrons. The van der Waals surface area contributed by atoms with E-state index < -0.39 is 46.5 Å². The lowest BCUT2D eigenvalue weighted by Gasteiger charge is -2.10. The zero-order valence-electron chi connectivity index (χ0n) is 17.5. The maximum Gasteiger partial charge on any atom is 0.434 e. The molecule has 4 aromatic rings. The molecule has 4 rings (SSSR count). The lowest BCUT2D eigenvalue weighted by molar-refractivity contribution is -0.143. The number of carbonyl (C=O) groups is 2. The summed E-state index contributed by atoms with van der Waals surface area (Å²) in [5.41, 5.74) is 3.23. The molecule has 0 unspecified atom stereocenters. The highest BCUT2D eigenvalue weighted by molar-refractivity contribution is 7.21. The number of halogens is 6. The second kappa shape index (κ2) is 8.89. The van der Waals surface area contributed by atoms with E-state index in [0.717, 1.165) is 13.1 Å². The molecule has 3 N–H and O–H groups in total. The monoisotopic (exact) mass is 529 g/mol. The van der Waals surface area contributed by atoms with E-state index in [-0.39, 0.29) is 26.3 Å². The van der Waals surface area contributed by atoms with Crippen molar-refractivity contribution in [2.75, 3.05) is 5.32 Å². The number of alkyl halides is 5. The minimum atomic E-state index is -4.89. The van der Waals surface area contributed by atoms with Gasteiger partial charge in [-0.05, 0) is 17.2 Å². The number of pyridine rings is 1. The Hall–Kier alpha value is -3.58. The average Bonchev–Trinajstić information content (AvgIpc) is 3.30. The van der Waals surface area contributed by atoms with E-state index in [2.05, 4.69) is 15.4 Å². The van der Waals surface area contributed by atoms with Crippen LogP contribution in [0.3, 0.4) is 0 Å². The number of aromatic nitrogens is 3. The van der Waals surface area contributed by atoms with Crippen LogP contribution in [0, 0.1) is 0 Å². The van der Waals surface area contributed by atoms with Crippen molar-refractivity contribution in [3.05, 3.63) is 63.4 Å². The molecule has 0 saturated heterocycles. The van der Waals surface area contributed by atoms with Crippen molar-refractivity contribution in [3.8, 4) is 11.1 Å². The molecule has 2 amide bonds. The highest BCUT2D eigenvalue weighted by atomic mass is 35.5. The van der Waals surface area contributed by atoms with E-state index in [1.165, 1.54) is 0 Å². The number of aryl methyl sites for hydroxylation is 1. The summed E-state index contributed by atoms with van der Waals surface area (Å²) >= 11 is 6.46. The number of nitrogens with two attached hydrogens (primary N) is 1. The van der Waals surface area contributed by atoms with Crippen molar-refractivity contribution in [2.24, 2.45) is 12.8 Å². The summed E-state index contributed by atoms with van der Waals surface area (Å²) in [6.45, 7) is 0. The minimum absolute atomic E-state index is 0.0335. The molecule has 0 atom stereocenters. The van der Waals surface area contributed by atoms with Gasteiger partial charge in [0.1, 0.15) is 20.4 Å². The minimum Gasteiger partial charge on any atom is -0.365 e. The lowest BCUT2D eigenvalue weighted by Crippen LogP contribution is -2.17. The van der Waals surface area contributed by atoms with Gasteiger partial charge < -0.3 is 11.1 Å². The third kappa shape index (κ3) is 4.44. The summed E-state index contributed by atoms with van der Waals surface area (Å²) in [6, 6.07) is 9.32. The molecule has 1 aromatic carbocycles. The number of amides is 2. The van der Waals surface area contributed by atoms with Crippen molar-refractivity contribution < 1.29 is 31.5 Å². The zero-order valence-corrected chi connectivity index (χ0v) is 19.0. The summed E-state index contributed by atoms with van der Waals surface area (Å²) in [6.07, 6.45) is -7.83. The Morgan fingerprint density at radius 1 is 1.20 bits per heavy atom. The summed E-state index contributed by atoms with van der Waals surface area (Å²) in [7, 11) is 0.962. The quantitative estimate of drug-likeness (QED) is 0.326. The van der Waals surface area contributed by atoms with Gasteiger partial charge in [0.2, 0.25) is 0 Å². The number of hydrogen-bond acceptors (Lipinski definition) is 5. The SMILES string of the molecule is Cn1nc(C(=O)Nc2c(C(N)=O)sc3nc(C(F)F)cc(-c4ccccc4)c23)c(Cl)c1C(F)(F)F. The largest absolute Gasteiger partial charge is 0.434 e. The maximum absolute atomic E-state index is 13.5. The summed E-state index contributed by atoms with van der Waals surface area (Å²) in [5.74, 6) is -2.18. The van der Waals surface area contributed by atoms with Crippen LogP contribution in [0.4, 0.5) is 27.6 Å². The van der Waals surface area contributed by atoms with Gasteiger partial charge >= 0.3 is 6.18 Å². The van der Waals surface area contributed by atoms with Gasteiger partial charge in [-0.3, -0.25) is 14.3 Å². The molecule has 0 bridgehead atoms. The van der Waals surface area contributed by atoms with Gasteiger partial charge in [0.05, 0.1) is 5.69 Å². The number of nitrogens with zero attached hydrogens (tertiary/aromatic N) is 3. The predicted molar refractivity (Wildman–Crippen MR) is 120 cm³/mol. The molecule has 0 spiro atoms. The van der Waals surface area contributed by atoms with E-state index in [9.17, 15) is 31.5 Å². The first-order chi connectivity index (χ1) is 16.4. The molecule has 182 valence electrons. The van der Waals surface area contributed by atoms with Gasteiger partial charge in [-0.15, -0.1) is 11.3 Å². The predicted octanol–water partition coefficient (Wildman–Crippen LogP) is 5.66. The molecule has 0 fully saturated rings. The molecular weight excluding hydrogens is 517 g/mol. The van der Waals surface area contributed by atoms with Gasteiger partial charge in [0, 0.05) is 12.4 Å². The highest BCUT2D eigenvalue weighted by Gasteiger charge is 2.40. The van der Waals surface area contributed by atoms with Gasteiger partial charge in [-0.1, -0.05) is 41.9 Å². The van der Waals surface area contributed by atoms with Crippen LogP contribution in [-0.2, 0) is 13.2 Å². The molecule has 3 heterocycles. The van der Waals surface area contributed by atoms with Gasteiger partial charge in [0.25, 0.3) is 18.2 Å². The number of primary amides is 1. The van der Waals surface area contributed by atoms with E-state index in [0.29, 0.717) is 21.6 Å². The van der Waals surface area contributed by atoms with Crippen LogP contribution in [0.1, 0.15) is 38.0 Å². The third-order valence-electron chi connectivity index (χ3n) is 4.93. The Bertz CT molecular complexity index is 1470. The lowest BCUT2D eigenvalue weighted by atomic mass is 10.0. The van der Waals surface area contributed by atoms with Crippen LogP contribution in [0.25, 0.3) is 21.3 Å². The fraction of sp³-hybridized carbons (Fsp3) is 0.143. The highest BCUT2D eigenvalue weighted by Crippen LogP contribution is 2.43. The number of thiophene rings is 1. The molecule has 14 heteroatoms. The van der Waals surface area contributed by atoms with Crippen LogP contribution < -0.4 is 11.1 Å². The normalized spacial score (nSPS) is 11.9. The Labute approximate surface area is 202 Å². The number of fused-ring (bicyclic) bond motifs is 1. The van der Waals surface area contributed by atoms with Gasteiger partial charge in [-0.25, -0.2) is 13.8 Å². The van der Waals surface area contributed by atoms with Crippen LogP contribution in [0.2, 0.25) is 5.02 Å². The first kappa shape index (κ1) is 24.5. The Morgan fingerprint density at radius 2 is 1.86 bits per heavy atom. The Balaban J connectivity index is 1.93. The standard InChI is InChI=1S/C21H13ClF5N5O2S/c1-32-16(21(25,26)27)12(22)14(31-32)19(34)30-13-11-9(8-5-3-2-4-6-8)7-10(17(23)24)29-20(11)35-15(13)18(28)33/h2-7,17H,1H3,(H2,28,33)(H,30,34). The van der Waals surface area contributed by atoms with Crippen molar-refractivity contribution >= 4 is 50.7 Å². The van der Waals surface area contributed by atoms with Crippen LogP contribution in [0.15, 0.2) is 36.4 Å². The maximum atomic E-state index is 13.5. The molecule has 7 nitrogen and oxygen atoms in total. The molecule has 0 aliphatic heterocycles. The summed E-state index contributed by atoms with van der Waals surface area (Å²) in [4.78, 5) is 28.7. The molecule has 0 saturated carbocycles. The molecule has 3 aromatic heterocycles. The van der Waals surface area contributed by atoms with Crippen LogP contribution in [0.5, 0.6) is 0 Å². The number of carbonyl (C=O) groups excluding carboxylic acids is 2. The number of rotatable bonds is 5. The molecule has 0 aliphatic carbocycles. The van der Waals surface area contributed by atoms with E-state index >= 15 is 0 Å². The summed E-state index contributed by atoms with van der Waals surface area (Å²) < 4.78 is 67.3. The average molecular weight is 530 g/mol. The van der Waals surface area contributed by atoms with E-state index in [4.69, 9.17) is 17.3 Å². The Morgan fingerprint density at radius 3 is 2.40 bits per heavy atom. The van der Waals surface area contributed by atoms with Crippen molar-refractivity contribution in [3.63, 3.8) is 0 Å². The first-order valence-corrected chi connectivity index (χ1v) is 10.8. The fourth-order valence-corrected chi connectivity index (χ4v) is 4.86. The fourth-order valence-electron chi connectivity index (χ4n) is 3.49. The van der Waals surface area contributed by atoms with Crippen molar-refractivity contribution in [1.29, 1.82) is 0 Å². The smallest absolute Gasteiger partial charge is 0.365 e. The molecular formula is C21H13ClF5N5O2S. The topological polar surface area (TPSA) is 103 Å². The second-order valence-electron chi connectivity index (χ2n) is 7.20. The van der Waals surface area contributed by atoms with Crippen molar-refractivity contribution in [2.45, 2.75) is 12.6 Å². The van der Waals surface area contributed by atoms with Crippen LogP contribution >= 0.6 is 22.9 Å². The van der Waals surface area contributed by atoms with Gasteiger partial charge in [-0.2, -0.15) is 18.3 Å². The Kier molecular flexibility index (Phi) is 6.23. The number of nitrogens with one attached hydrogen (secondary N) is 1. The number of benzene rings is 1. The third-order valence-corrected chi connectivity index (χ3v) is 6.38. The molecule has 0 aliphatic rings. The molecule has 35 heavy (non-hydrogen) atoms. The summed E-state index contributed by atoms with van der Waals surface area (Å²) in [5, 5.41) is 5.06. The van der Waals surface area contributed by atoms with Crippen molar-refractivity contribution in [1.82, 2.24) is 14.8 Å². The van der Waals surface area contributed by atoms with E-state index in [1.807, 2.05) is 0 Å². The van der Waals surface area contributed by atoms with Crippen LogP contribution in [-0.4, -0.2) is 26.6 Å². The first-order valence-electron chi connectivity index (χ1n) is 9.62. The number of hydrogen-bond donors (Lipinski definition) is 2.